The Kier molecular flexibility index (Phi) is 6.35. The van der Waals surface area contributed by atoms with Crippen LogP contribution in [0.1, 0.15) is 53.4 Å². The molecule has 0 spiro atoms. The molecule has 1 fully saturated rings. The second kappa shape index (κ2) is 9.40. The van der Waals surface area contributed by atoms with E-state index in [1.807, 2.05) is 19.1 Å². The summed E-state index contributed by atoms with van der Waals surface area (Å²) < 4.78 is 0. The lowest BCUT2D eigenvalue weighted by Gasteiger charge is -2.40. The first-order valence-electron chi connectivity index (χ1n) is 12.2. The summed E-state index contributed by atoms with van der Waals surface area (Å²) in [5, 5.41) is 5.39. The molecule has 2 N–H and O–H groups in total. The Morgan fingerprint density at radius 3 is 2.76 bits per heavy atom. The number of amides is 1. The molecule has 2 heterocycles. The van der Waals surface area contributed by atoms with Crippen LogP contribution in [0.5, 0.6) is 0 Å². The summed E-state index contributed by atoms with van der Waals surface area (Å²) in [5.41, 5.74) is 6.86. The maximum atomic E-state index is 13.2. The molecule has 5 rings (SSSR count). The second-order valence-corrected chi connectivity index (χ2v) is 9.78. The van der Waals surface area contributed by atoms with Gasteiger partial charge in [-0.1, -0.05) is 37.1 Å². The molecular formula is C27H33ClN4O. The van der Waals surface area contributed by atoms with Crippen molar-refractivity contribution in [2.45, 2.75) is 52.1 Å². The molecule has 6 heteroatoms. The molecule has 1 amide bonds. The first-order chi connectivity index (χ1) is 16.0. The van der Waals surface area contributed by atoms with Crippen molar-refractivity contribution in [2.24, 2.45) is 0 Å². The number of nitrogens with zero attached hydrogens (tertiary/aromatic N) is 2. The van der Waals surface area contributed by atoms with E-state index >= 15 is 0 Å². The number of carbonyl (C=O) groups excluding carboxylic acids is 1. The molecule has 1 aromatic heterocycles. The van der Waals surface area contributed by atoms with E-state index in [-0.39, 0.29) is 12.1 Å². The zero-order valence-corrected chi connectivity index (χ0v) is 20.3. The second-order valence-electron chi connectivity index (χ2n) is 9.40. The average Bonchev–Trinajstić information content (AvgIpc) is 3.42. The number of carbonyl (C=O) groups is 1. The van der Waals surface area contributed by atoms with Gasteiger partial charge >= 0.3 is 0 Å². The topological polar surface area (TPSA) is 51.4 Å². The number of fused-ring (bicyclic) bond motifs is 3. The Morgan fingerprint density at radius 1 is 1.15 bits per heavy atom. The summed E-state index contributed by atoms with van der Waals surface area (Å²) in [6, 6.07) is 12.3. The molecule has 0 saturated carbocycles. The zero-order chi connectivity index (χ0) is 22.9. The number of hydrogen-bond acceptors (Lipinski definition) is 3. The Morgan fingerprint density at radius 2 is 1.97 bits per heavy atom. The van der Waals surface area contributed by atoms with E-state index < -0.39 is 0 Å². The number of nitrogens with one attached hydrogen (secondary N) is 2. The van der Waals surface area contributed by atoms with Gasteiger partial charge in [0.1, 0.15) is 0 Å². The Labute approximate surface area is 201 Å². The number of aromatic nitrogens is 1. The van der Waals surface area contributed by atoms with E-state index in [2.05, 4.69) is 51.3 Å². The summed E-state index contributed by atoms with van der Waals surface area (Å²) in [6.45, 7) is 7.84. The minimum absolute atomic E-state index is 0.0208. The highest BCUT2D eigenvalue weighted by atomic mass is 35.5. The predicted octanol–water partition coefficient (Wildman–Crippen LogP) is 5.30. The molecular weight excluding hydrogens is 432 g/mol. The molecule has 0 radical (unpaired) electrons. The van der Waals surface area contributed by atoms with Crippen molar-refractivity contribution in [1.82, 2.24) is 15.2 Å². The summed E-state index contributed by atoms with van der Waals surface area (Å²) in [5.74, 6) is 0.0208. The minimum Gasteiger partial charge on any atom is -0.368 e. The third-order valence-corrected chi connectivity index (χ3v) is 7.73. The number of rotatable bonds is 6. The lowest BCUT2D eigenvalue weighted by molar-refractivity contribution is 0.0824. The van der Waals surface area contributed by atoms with Crippen LogP contribution >= 0.6 is 11.6 Å². The van der Waals surface area contributed by atoms with Gasteiger partial charge in [-0.2, -0.15) is 0 Å². The van der Waals surface area contributed by atoms with Gasteiger partial charge in [-0.25, -0.2) is 0 Å². The van der Waals surface area contributed by atoms with Crippen LogP contribution in [0.4, 0.5) is 5.69 Å². The van der Waals surface area contributed by atoms with E-state index in [4.69, 9.17) is 11.6 Å². The summed E-state index contributed by atoms with van der Waals surface area (Å²) in [6.07, 6.45) is 5.44. The van der Waals surface area contributed by atoms with E-state index in [1.165, 1.54) is 23.1 Å². The molecule has 1 aliphatic carbocycles. The Hall–Kier alpha value is -2.50. The molecule has 1 unspecified atom stereocenters. The number of hydrogen-bond donors (Lipinski definition) is 2. The first-order valence-corrected chi connectivity index (χ1v) is 12.6. The quantitative estimate of drug-likeness (QED) is 0.520. The smallest absolute Gasteiger partial charge is 0.252 e. The summed E-state index contributed by atoms with van der Waals surface area (Å²) in [4.78, 5) is 21.5. The molecule has 33 heavy (non-hydrogen) atoms. The van der Waals surface area contributed by atoms with Crippen LogP contribution in [0.3, 0.4) is 0 Å². The molecule has 0 bridgehead atoms. The number of benzene rings is 2. The third kappa shape index (κ3) is 4.36. The normalized spacial score (nSPS) is 17.4. The highest BCUT2D eigenvalue weighted by Gasteiger charge is 2.26. The van der Waals surface area contributed by atoms with E-state index in [1.54, 1.807) is 0 Å². The van der Waals surface area contributed by atoms with Gasteiger partial charge < -0.3 is 15.2 Å². The van der Waals surface area contributed by atoms with Crippen molar-refractivity contribution in [2.75, 3.05) is 31.1 Å². The third-order valence-electron chi connectivity index (χ3n) is 7.24. The predicted molar refractivity (Wildman–Crippen MR) is 136 cm³/mol. The van der Waals surface area contributed by atoms with Crippen LogP contribution in [0.25, 0.3) is 10.9 Å². The van der Waals surface area contributed by atoms with Crippen LogP contribution in [-0.2, 0) is 12.8 Å². The van der Waals surface area contributed by atoms with Gasteiger partial charge in [0, 0.05) is 48.3 Å². The first kappa shape index (κ1) is 22.3. The van der Waals surface area contributed by atoms with Crippen LogP contribution in [0, 0.1) is 6.92 Å². The van der Waals surface area contributed by atoms with E-state index in [0.29, 0.717) is 0 Å². The number of aryl methyl sites for hydroxylation is 3. The van der Waals surface area contributed by atoms with Gasteiger partial charge in [-0.15, -0.1) is 0 Å². The van der Waals surface area contributed by atoms with Crippen molar-refractivity contribution in [1.29, 1.82) is 0 Å². The van der Waals surface area contributed by atoms with Crippen LogP contribution in [0.15, 0.2) is 36.4 Å². The van der Waals surface area contributed by atoms with Crippen LogP contribution in [-0.4, -0.2) is 48.1 Å². The zero-order valence-electron chi connectivity index (χ0n) is 19.6. The number of anilines is 1. The standard InChI is InChI=1S/C27H33ClN4O/c1-3-6-25(32-15-13-31(14-16-32)24-10-4-7-18(2)26(24)28)30-27(33)19-11-12-23-21(17-19)20-8-5-9-22(20)29-23/h4,7,10-12,17,25,29H,3,5-6,8-9,13-16H2,1-2H3,(H,30,33). The Balaban J connectivity index is 1.27. The summed E-state index contributed by atoms with van der Waals surface area (Å²) in [7, 11) is 0. The van der Waals surface area contributed by atoms with Crippen LogP contribution in [0.2, 0.25) is 5.02 Å². The molecule has 2 aromatic carbocycles. The van der Waals surface area contributed by atoms with Gasteiger partial charge in [0.25, 0.3) is 5.91 Å². The highest BCUT2D eigenvalue weighted by Crippen LogP contribution is 2.31. The number of H-pyrrole nitrogens is 1. The summed E-state index contributed by atoms with van der Waals surface area (Å²) >= 11 is 6.57. The molecule has 1 aliphatic heterocycles. The number of piperazine rings is 1. The van der Waals surface area contributed by atoms with Crippen molar-refractivity contribution < 1.29 is 4.79 Å². The van der Waals surface area contributed by atoms with Gasteiger partial charge in [-0.3, -0.25) is 9.69 Å². The molecule has 1 atom stereocenters. The van der Waals surface area contributed by atoms with Crippen LogP contribution < -0.4 is 10.2 Å². The Bertz CT molecular complexity index is 1160. The molecule has 5 nitrogen and oxygen atoms in total. The van der Waals surface area contributed by atoms with Crippen molar-refractivity contribution in [3.63, 3.8) is 0 Å². The van der Waals surface area contributed by atoms with E-state index in [9.17, 15) is 4.79 Å². The van der Waals surface area contributed by atoms with Gasteiger partial charge in [0.2, 0.25) is 0 Å². The van der Waals surface area contributed by atoms with Gasteiger partial charge in [-0.05, 0) is 68.0 Å². The molecule has 3 aromatic rings. The minimum atomic E-state index is 0.0208. The fraction of sp³-hybridized carbons (Fsp3) is 0.444. The van der Waals surface area contributed by atoms with Gasteiger partial charge in [0.05, 0.1) is 16.9 Å². The van der Waals surface area contributed by atoms with Crippen molar-refractivity contribution >= 4 is 34.1 Å². The molecule has 2 aliphatic rings. The maximum absolute atomic E-state index is 13.2. The molecule has 174 valence electrons. The van der Waals surface area contributed by atoms with Crippen molar-refractivity contribution in [3.8, 4) is 0 Å². The fourth-order valence-electron chi connectivity index (χ4n) is 5.39. The number of aromatic amines is 1. The largest absolute Gasteiger partial charge is 0.368 e. The monoisotopic (exact) mass is 464 g/mol. The van der Waals surface area contributed by atoms with Crippen molar-refractivity contribution in [3.05, 3.63) is 63.8 Å². The molecule has 1 saturated heterocycles. The number of halogens is 1. The highest BCUT2D eigenvalue weighted by molar-refractivity contribution is 6.34. The SMILES string of the molecule is CCCC(NC(=O)c1ccc2[nH]c3c(c2c1)CCC3)N1CCN(c2cccc(C)c2Cl)CC1. The van der Waals surface area contributed by atoms with Gasteiger partial charge in [0.15, 0.2) is 0 Å². The maximum Gasteiger partial charge on any atom is 0.252 e. The fourth-order valence-corrected chi connectivity index (χ4v) is 5.64. The lowest BCUT2D eigenvalue weighted by Crippen LogP contribution is -2.56. The lowest BCUT2D eigenvalue weighted by atomic mass is 10.1. The average molecular weight is 465 g/mol. The van der Waals surface area contributed by atoms with E-state index in [0.717, 1.165) is 79.2 Å².